The first-order valence-corrected chi connectivity index (χ1v) is 12.9. The molecule has 1 aliphatic carbocycles. The number of phenolic OH excluding ortho intramolecular Hbond substituents is 2. The fraction of sp³-hybridized carbons (Fsp3) is 0.429. The van der Waals surface area contributed by atoms with Crippen LogP contribution >= 0.6 is 0 Å². The van der Waals surface area contributed by atoms with Crippen LogP contribution in [0.1, 0.15) is 80.2 Å². The molecule has 0 saturated heterocycles. The number of benzene rings is 1. The van der Waals surface area contributed by atoms with Gasteiger partial charge in [0.2, 0.25) is 11.8 Å². The van der Waals surface area contributed by atoms with Crippen LogP contribution < -0.4 is 15.4 Å². The lowest BCUT2D eigenvalue weighted by Gasteiger charge is -2.29. The third-order valence-corrected chi connectivity index (χ3v) is 7.16. The van der Waals surface area contributed by atoms with Crippen LogP contribution in [0.3, 0.4) is 0 Å². The number of allylic oxidation sites excluding steroid dienone is 4. The summed E-state index contributed by atoms with van der Waals surface area (Å²) in [5.74, 6) is -1.89. The van der Waals surface area contributed by atoms with E-state index in [1.165, 1.54) is 20.8 Å². The van der Waals surface area contributed by atoms with E-state index in [1.807, 2.05) is 13.8 Å². The Balaban J connectivity index is 1.47. The zero-order valence-electron chi connectivity index (χ0n) is 23.2. The fourth-order valence-corrected chi connectivity index (χ4v) is 4.82. The van der Waals surface area contributed by atoms with Crippen LogP contribution in [0, 0.1) is 6.92 Å². The van der Waals surface area contributed by atoms with E-state index in [0.29, 0.717) is 24.7 Å². The van der Waals surface area contributed by atoms with Crippen LogP contribution in [0.5, 0.6) is 17.2 Å². The van der Waals surface area contributed by atoms with Crippen LogP contribution in [0.15, 0.2) is 27.6 Å². The quantitative estimate of drug-likeness (QED) is 0.204. The molecule has 0 radical (unpaired) electrons. The summed E-state index contributed by atoms with van der Waals surface area (Å²) in [6, 6.07) is 0. The molecule has 1 aromatic carbocycles. The highest BCUT2D eigenvalue weighted by atomic mass is 16.5. The second kappa shape index (κ2) is 10.6. The Bertz CT molecular complexity index is 1500. The minimum atomic E-state index is -1.60. The van der Waals surface area contributed by atoms with Gasteiger partial charge in [0.15, 0.2) is 23.2 Å². The SMILES string of the molecule is CC(=O)c1c(O)c(C)c(O)c2c1OC1=CC(=O)C(=C(C)NCCC(=O)NCCc3nc(C(C)C)no3)C(=O)[C@@]12C. The number of fused-ring (bicyclic) bond motifs is 3. The largest absolute Gasteiger partial charge is 0.507 e. The molecular weight excluding hydrogens is 520 g/mol. The van der Waals surface area contributed by atoms with Crippen molar-refractivity contribution in [1.29, 1.82) is 0 Å². The van der Waals surface area contributed by atoms with Crippen molar-refractivity contribution in [2.75, 3.05) is 13.1 Å². The van der Waals surface area contributed by atoms with Gasteiger partial charge in [0.25, 0.3) is 0 Å². The van der Waals surface area contributed by atoms with Gasteiger partial charge in [-0.05, 0) is 27.7 Å². The van der Waals surface area contributed by atoms with E-state index in [-0.39, 0.29) is 64.3 Å². The summed E-state index contributed by atoms with van der Waals surface area (Å²) in [6.45, 7) is 10.0. The standard InChI is InChI=1S/C28H32N4O8/c1-12(2)27-31-19(40-32-27)8-10-30-18(35)7-9-29-14(4)20-16(34)11-17-28(6,26(20)38)22-24(37)13(3)23(36)21(15(5)33)25(22)39-17/h11-12,29,36-37H,7-10H2,1-6H3,(H,30,35)/t28-/m0/s1. The lowest BCUT2D eigenvalue weighted by Crippen LogP contribution is -2.41. The van der Waals surface area contributed by atoms with E-state index in [9.17, 15) is 29.4 Å². The van der Waals surface area contributed by atoms with E-state index < -0.39 is 34.3 Å². The van der Waals surface area contributed by atoms with Crippen molar-refractivity contribution in [1.82, 2.24) is 20.8 Å². The predicted octanol–water partition coefficient (Wildman–Crippen LogP) is 2.41. The van der Waals surface area contributed by atoms with Gasteiger partial charge in [-0.25, -0.2) is 0 Å². The van der Waals surface area contributed by atoms with E-state index >= 15 is 0 Å². The number of aromatic nitrogens is 2. The van der Waals surface area contributed by atoms with Gasteiger partial charge in [0.05, 0.1) is 11.1 Å². The molecule has 4 N–H and O–H groups in total. The number of ether oxygens (including phenoxy) is 1. The summed E-state index contributed by atoms with van der Waals surface area (Å²) < 4.78 is 10.9. The number of hydrogen-bond acceptors (Lipinski definition) is 11. The lowest BCUT2D eigenvalue weighted by molar-refractivity contribution is -0.124. The first-order valence-electron chi connectivity index (χ1n) is 12.9. The number of nitrogens with one attached hydrogen (secondary N) is 2. The molecule has 12 nitrogen and oxygen atoms in total. The summed E-state index contributed by atoms with van der Waals surface area (Å²) in [4.78, 5) is 55.6. The second-order valence-corrected chi connectivity index (χ2v) is 10.4. The molecule has 1 aliphatic heterocycles. The molecule has 40 heavy (non-hydrogen) atoms. The van der Waals surface area contributed by atoms with E-state index in [0.717, 1.165) is 6.08 Å². The first-order chi connectivity index (χ1) is 18.8. The third kappa shape index (κ3) is 4.74. The first kappa shape index (κ1) is 28.5. The van der Waals surface area contributed by atoms with Gasteiger partial charge in [0.1, 0.15) is 34.0 Å². The fourth-order valence-electron chi connectivity index (χ4n) is 4.82. The average molecular weight is 553 g/mol. The number of carbonyl (C=O) groups excluding carboxylic acids is 4. The minimum Gasteiger partial charge on any atom is -0.507 e. The molecule has 0 fully saturated rings. The van der Waals surface area contributed by atoms with Crippen molar-refractivity contribution in [3.05, 3.63) is 51.5 Å². The zero-order valence-corrected chi connectivity index (χ0v) is 23.2. The normalized spacial score (nSPS) is 19.1. The van der Waals surface area contributed by atoms with Gasteiger partial charge in [-0.3, -0.25) is 19.2 Å². The topological polar surface area (TPSA) is 181 Å². The number of nitrogens with zero attached hydrogens (tertiary/aromatic N) is 2. The van der Waals surface area contributed by atoms with E-state index in [1.54, 1.807) is 6.92 Å². The van der Waals surface area contributed by atoms with Gasteiger partial charge in [-0.15, -0.1) is 0 Å². The second-order valence-electron chi connectivity index (χ2n) is 10.4. The number of amides is 1. The van der Waals surface area contributed by atoms with Crippen molar-refractivity contribution >= 4 is 23.3 Å². The molecule has 1 amide bonds. The van der Waals surface area contributed by atoms with Crippen molar-refractivity contribution in [3.63, 3.8) is 0 Å². The highest BCUT2D eigenvalue weighted by molar-refractivity contribution is 6.31. The molecule has 0 unspecified atom stereocenters. The molecule has 2 aliphatic rings. The van der Waals surface area contributed by atoms with Crippen molar-refractivity contribution in [3.8, 4) is 17.2 Å². The molecule has 1 aromatic heterocycles. The Morgan fingerprint density at radius 3 is 2.42 bits per heavy atom. The van der Waals surface area contributed by atoms with Crippen molar-refractivity contribution in [2.45, 2.75) is 65.7 Å². The van der Waals surface area contributed by atoms with Crippen LogP contribution in [0.2, 0.25) is 0 Å². The Kier molecular flexibility index (Phi) is 7.55. The monoisotopic (exact) mass is 552 g/mol. The van der Waals surface area contributed by atoms with E-state index in [2.05, 4.69) is 20.8 Å². The number of hydrogen-bond donors (Lipinski definition) is 4. The summed E-state index contributed by atoms with van der Waals surface area (Å²) >= 11 is 0. The number of phenols is 2. The predicted molar refractivity (Wildman–Crippen MR) is 141 cm³/mol. The molecule has 1 atom stereocenters. The third-order valence-electron chi connectivity index (χ3n) is 7.16. The van der Waals surface area contributed by atoms with Crippen LogP contribution in [-0.2, 0) is 26.2 Å². The molecule has 2 aromatic rings. The Hall–Kier alpha value is -4.48. The summed E-state index contributed by atoms with van der Waals surface area (Å²) in [6.07, 6.45) is 1.60. The molecule has 0 spiro atoms. The van der Waals surface area contributed by atoms with Crippen LogP contribution in [0.4, 0.5) is 0 Å². The Morgan fingerprint density at radius 1 is 1.10 bits per heavy atom. The molecule has 212 valence electrons. The highest BCUT2D eigenvalue weighted by Crippen LogP contribution is 2.57. The Labute approximate surface area is 230 Å². The zero-order chi connectivity index (χ0) is 29.5. The van der Waals surface area contributed by atoms with Crippen LogP contribution in [-0.4, -0.2) is 56.7 Å². The van der Waals surface area contributed by atoms with Gasteiger partial charge >= 0.3 is 0 Å². The number of rotatable bonds is 9. The van der Waals surface area contributed by atoms with Crippen LogP contribution in [0.25, 0.3) is 0 Å². The number of aromatic hydroxyl groups is 2. The van der Waals surface area contributed by atoms with Gasteiger partial charge in [0, 0.05) is 49.2 Å². The summed E-state index contributed by atoms with van der Waals surface area (Å²) in [5, 5.41) is 31.0. The summed E-state index contributed by atoms with van der Waals surface area (Å²) in [7, 11) is 0. The molecular formula is C28H32N4O8. The Morgan fingerprint density at radius 2 is 1.80 bits per heavy atom. The number of Topliss-reactive ketones (excluding diaryl/α,β-unsaturated/α-hetero) is 2. The minimum absolute atomic E-state index is 0.0168. The highest BCUT2D eigenvalue weighted by Gasteiger charge is 2.56. The maximum absolute atomic E-state index is 13.8. The smallest absolute Gasteiger partial charge is 0.228 e. The average Bonchev–Trinajstić information content (AvgIpc) is 3.46. The maximum atomic E-state index is 13.8. The van der Waals surface area contributed by atoms with Gasteiger partial charge in [-0.1, -0.05) is 19.0 Å². The molecule has 4 rings (SSSR count). The van der Waals surface area contributed by atoms with E-state index in [4.69, 9.17) is 9.26 Å². The molecule has 0 saturated carbocycles. The maximum Gasteiger partial charge on any atom is 0.228 e. The van der Waals surface area contributed by atoms with Gasteiger partial charge in [-0.2, -0.15) is 4.98 Å². The summed E-state index contributed by atoms with van der Waals surface area (Å²) in [5.41, 5.74) is -1.64. The molecule has 2 heterocycles. The number of ketones is 3. The molecule has 12 heteroatoms. The van der Waals surface area contributed by atoms with Crippen molar-refractivity contribution < 1.29 is 38.7 Å². The number of carbonyl (C=O) groups is 4. The van der Waals surface area contributed by atoms with Gasteiger partial charge < -0.3 is 30.1 Å². The molecule has 0 bridgehead atoms. The van der Waals surface area contributed by atoms with Crippen molar-refractivity contribution in [2.24, 2.45) is 0 Å². The lowest BCUT2D eigenvalue weighted by atomic mass is 9.70.